The zero-order valence-corrected chi connectivity index (χ0v) is 14.6. The first-order valence-corrected chi connectivity index (χ1v) is 9.11. The predicted molar refractivity (Wildman–Crippen MR) is 94.2 cm³/mol. The van der Waals surface area contributed by atoms with Gasteiger partial charge < -0.3 is 19.3 Å². The summed E-state index contributed by atoms with van der Waals surface area (Å²) in [5, 5.41) is 10.3. The fourth-order valence-electron chi connectivity index (χ4n) is 4.15. The molecule has 4 rings (SSSR count). The molecule has 6 heteroatoms. The van der Waals surface area contributed by atoms with Crippen molar-refractivity contribution in [2.45, 2.75) is 50.9 Å². The van der Waals surface area contributed by atoms with Crippen LogP contribution in [0.1, 0.15) is 31.5 Å². The molecule has 6 nitrogen and oxygen atoms in total. The van der Waals surface area contributed by atoms with Crippen LogP contribution in [0.3, 0.4) is 0 Å². The second-order valence-electron chi connectivity index (χ2n) is 7.19. The number of rotatable bonds is 2. The molecule has 2 aromatic rings. The van der Waals surface area contributed by atoms with E-state index in [1.54, 1.807) is 0 Å². The molecule has 1 amide bonds. The number of fused-ring (bicyclic) bond motifs is 1. The van der Waals surface area contributed by atoms with Gasteiger partial charge in [-0.2, -0.15) is 0 Å². The highest BCUT2D eigenvalue weighted by Crippen LogP contribution is 2.35. The maximum Gasteiger partial charge on any atom is 0.242 e. The predicted octanol–water partition coefficient (Wildman–Crippen LogP) is 1.88. The lowest BCUT2D eigenvalue weighted by Gasteiger charge is -2.46. The van der Waals surface area contributed by atoms with Crippen molar-refractivity contribution in [1.82, 2.24) is 14.5 Å². The van der Waals surface area contributed by atoms with Crippen LogP contribution in [0.5, 0.6) is 0 Å². The summed E-state index contributed by atoms with van der Waals surface area (Å²) in [5.41, 5.74) is 1.48. The number of aliphatic hydroxyl groups excluding tert-OH is 1. The number of carbonyl (C=O) groups is 1. The van der Waals surface area contributed by atoms with E-state index in [-0.39, 0.29) is 5.91 Å². The average Bonchev–Trinajstić information content (AvgIpc) is 2.94. The molecule has 1 unspecified atom stereocenters. The number of aryl methyl sites for hydroxylation is 1. The first-order chi connectivity index (χ1) is 12.1. The van der Waals surface area contributed by atoms with Crippen molar-refractivity contribution < 1.29 is 14.6 Å². The van der Waals surface area contributed by atoms with Gasteiger partial charge in [0.05, 0.1) is 22.7 Å². The van der Waals surface area contributed by atoms with E-state index in [0.29, 0.717) is 39.1 Å². The van der Waals surface area contributed by atoms with E-state index in [1.807, 2.05) is 40.7 Å². The van der Waals surface area contributed by atoms with Crippen molar-refractivity contribution in [3.8, 4) is 0 Å². The van der Waals surface area contributed by atoms with Gasteiger partial charge >= 0.3 is 0 Å². The van der Waals surface area contributed by atoms with Gasteiger partial charge in [0.15, 0.2) is 0 Å². The number of piperidine rings is 1. The number of hydrogen-bond donors (Lipinski definition) is 1. The van der Waals surface area contributed by atoms with Crippen LogP contribution in [0.15, 0.2) is 24.3 Å². The van der Waals surface area contributed by atoms with Crippen molar-refractivity contribution in [3.05, 3.63) is 30.1 Å². The third-order valence-corrected chi connectivity index (χ3v) is 5.72. The molecule has 0 aliphatic carbocycles. The average molecular weight is 343 g/mol. The number of aliphatic hydroxyl groups is 1. The third kappa shape index (κ3) is 2.93. The van der Waals surface area contributed by atoms with Crippen molar-refractivity contribution in [2.24, 2.45) is 0 Å². The minimum absolute atomic E-state index is 0.103. The van der Waals surface area contributed by atoms with Gasteiger partial charge in [0.2, 0.25) is 5.91 Å². The maximum absolute atomic E-state index is 12.8. The summed E-state index contributed by atoms with van der Waals surface area (Å²) in [5.74, 6) is 0.959. The summed E-state index contributed by atoms with van der Waals surface area (Å²) in [4.78, 5) is 19.2. The Bertz CT molecular complexity index is 777. The maximum atomic E-state index is 12.8. The van der Waals surface area contributed by atoms with Crippen LogP contribution in [0.2, 0.25) is 0 Å². The molecule has 2 aliphatic rings. The van der Waals surface area contributed by atoms with E-state index >= 15 is 0 Å². The largest absolute Gasteiger partial charge is 0.390 e. The van der Waals surface area contributed by atoms with Crippen molar-refractivity contribution in [1.29, 1.82) is 0 Å². The van der Waals surface area contributed by atoms with Gasteiger partial charge in [-0.15, -0.1) is 0 Å². The van der Waals surface area contributed by atoms with Crippen LogP contribution in [0, 0.1) is 6.92 Å². The molecule has 25 heavy (non-hydrogen) atoms. The number of carbonyl (C=O) groups excluding carboxylic acids is 1. The Labute approximate surface area is 147 Å². The normalized spacial score (nSPS) is 23.3. The molecular weight excluding hydrogens is 318 g/mol. The van der Waals surface area contributed by atoms with Crippen LogP contribution in [-0.2, 0) is 16.1 Å². The van der Waals surface area contributed by atoms with Gasteiger partial charge in [-0.1, -0.05) is 12.1 Å². The molecule has 0 radical (unpaired) electrons. The molecule has 2 aliphatic heterocycles. The smallest absolute Gasteiger partial charge is 0.242 e. The fourth-order valence-corrected chi connectivity index (χ4v) is 4.15. The lowest BCUT2D eigenvalue weighted by atomic mass is 9.82. The molecular formula is C19H25N3O3. The summed E-state index contributed by atoms with van der Waals surface area (Å²) in [6.45, 7) is 4.24. The molecule has 2 saturated heterocycles. The van der Waals surface area contributed by atoms with Crippen LogP contribution >= 0.6 is 0 Å². The minimum Gasteiger partial charge on any atom is -0.390 e. The summed E-state index contributed by atoms with van der Waals surface area (Å²) >= 11 is 0. The van der Waals surface area contributed by atoms with E-state index < -0.39 is 11.7 Å². The number of likely N-dealkylation sites (tertiary alicyclic amines) is 1. The van der Waals surface area contributed by atoms with Crippen LogP contribution in [-0.4, -0.2) is 56.9 Å². The molecule has 0 bridgehead atoms. The topological polar surface area (TPSA) is 67.6 Å². The van der Waals surface area contributed by atoms with Gasteiger partial charge in [0.1, 0.15) is 12.4 Å². The molecule has 1 aromatic carbocycles. The quantitative estimate of drug-likeness (QED) is 0.904. The lowest BCUT2D eigenvalue weighted by Crippen LogP contribution is -2.56. The standard InChI is InChI=1S/C19H25N3O3/c1-14-20-15-5-2-3-6-16(15)22(14)13-18(24)21-10-8-19(9-11-21)17(23)7-4-12-25-19/h2-3,5-6,17,23H,4,7-13H2,1H3. The Hall–Kier alpha value is -1.92. The number of ether oxygens (including phenoxy) is 1. The van der Waals surface area contributed by atoms with Crippen LogP contribution in [0.4, 0.5) is 0 Å². The SMILES string of the molecule is Cc1nc2ccccc2n1CC(=O)N1CCC2(CC1)OCCCC2O. The molecule has 0 saturated carbocycles. The highest BCUT2D eigenvalue weighted by molar-refractivity contribution is 5.81. The molecule has 1 spiro atoms. The second kappa shape index (κ2) is 6.42. The zero-order valence-electron chi connectivity index (χ0n) is 14.6. The van der Waals surface area contributed by atoms with Crippen molar-refractivity contribution in [3.63, 3.8) is 0 Å². The molecule has 3 heterocycles. The highest BCUT2D eigenvalue weighted by Gasteiger charge is 2.44. The molecule has 1 N–H and O–H groups in total. The molecule has 2 fully saturated rings. The first-order valence-electron chi connectivity index (χ1n) is 9.11. The Morgan fingerprint density at radius 1 is 1.36 bits per heavy atom. The summed E-state index contributed by atoms with van der Waals surface area (Å²) in [6.07, 6.45) is 2.73. The van der Waals surface area contributed by atoms with Gasteiger partial charge in [-0.25, -0.2) is 4.98 Å². The molecule has 1 atom stereocenters. The number of amides is 1. The second-order valence-corrected chi connectivity index (χ2v) is 7.19. The van der Waals surface area contributed by atoms with Gasteiger partial charge in [0, 0.05) is 19.7 Å². The van der Waals surface area contributed by atoms with Gasteiger partial charge in [-0.3, -0.25) is 4.79 Å². The summed E-state index contributed by atoms with van der Waals surface area (Å²) in [7, 11) is 0. The Balaban J connectivity index is 1.45. The fraction of sp³-hybridized carbons (Fsp3) is 0.579. The molecule has 1 aromatic heterocycles. The monoisotopic (exact) mass is 343 g/mol. The molecule has 134 valence electrons. The Morgan fingerprint density at radius 3 is 2.88 bits per heavy atom. The number of aromatic nitrogens is 2. The van der Waals surface area contributed by atoms with E-state index in [2.05, 4.69) is 4.98 Å². The van der Waals surface area contributed by atoms with E-state index in [1.165, 1.54) is 0 Å². The van der Waals surface area contributed by atoms with E-state index in [0.717, 1.165) is 29.7 Å². The van der Waals surface area contributed by atoms with Crippen LogP contribution < -0.4 is 0 Å². The third-order valence-electron chi connectivity index (χ3n) is 5.72. The highest BCUT2D eigenvalue weighted by atomic mass is 16.5. The Morgan fingerprint density at radius 2 is 2.12 bits per heavy atom. The van der Waals surface area contributed by atoms with E-state index in [4.69, 9.17) is 4.74 Å². The first kappa shape index (κ1) is 16.5. The minimum atomic E-state index is -0.438. The number of para-hydroxylation sites is 2. The van der Waals surface area contributed by atoms with Crippen molar-refractivity contribution in [2.75, 3.05) is 19.7 Å². The van der Waals surface area contributed by atoms with Gasteiger partial charge in [0.25, 0.3) is 0 Å². The Kier molecular flexibility index (Phi) is 4.25. The number of hydrogen-bond acceptors (Lipinski definition) is 4. The number of imidazole rings is 1. The lowest BCUT2D eigenvalue weighted by molar-refractivity contribution is -0.179. The zero-order chi connectivity index (χ0) is 17.4. The van der Waals surface area contributed by atoms with Crippen molar-refractivity contribution >= 4 is 16.9 Å². The van der Waals surface area contributed by atoms with Crippen LogP contribution in [0.25, 0.3) is 11.0 Å². The number of benzene rings is 1. The van der Waals surface area contributed by atoms with Gasteiger partial charge in [-0.05, 0) is 44.7 Å². The summed E-state index contributed by atoms with van der Waals surface area (Å²) < 4.78 is 7.91. The number of nitrogens with zero attached hydrogens (tertiary/aromatic N) is 3. The summed E-state index contributed by atoms with van der Waals surface area (Å²) in [6, 6.07) is 7.90. The van der Waals surface area contributed by atoms with E-state index in [9.17, 15) is 9.90 Å².